The van der Waals surface area contributed by atoms with Crippen LogP contribution in [-0.2, 0) is 4.79 Å². The third-order valence-electron chi connectivity index (χ3n) is 4.81. The first kappa shape index (κ1) is 14.9. The van der Waals surface area contributed by atoms with E-state index in [1.165, 1.54) is 42.7 Å². The summed E-state index contributed by atoms with van der Waals surface area (Å²) in [5.74, 6) is 0.00188. The molecule has 0 unspecified atom stereocenters. The molecule has 0 atom stereocenters. The second-order valence-electron chi connectivity index (χ2n) is 6.55. The number of hydrogen-bond donors (Lipinski definition) is 1. The van der Waals surface area contributed by atoms with Gasteiger partial charge < -0.3 is 10.2 Å². The molecule has 1 aliphatic carbocycles. The lowest BCUT2D eigenvalue weighted by molar-refractivity contribution is -0.126. The highest BCUT2D eigenvalue weighted by atomic mass is 32.1. The number of amides is 1. The summed E-state index contributed by atoms with van der Waals surface area (Å²) in [5, 5.41) is 4.08. The lowest BCUT2D eigenvalue weighted by atomic mass is 9.93. The van der Waals surface area contributed by atoms with Crippen molar-refractivity contribution in [3.05, 3.63) is 24.0 Å². The van der Waals surface area contributed by atoms with Crippen molar-refractivity contribution in [2.24, 2.45) is 5.92 Å². The molecule has 2 aliphatic rings. The van der Waals surface area contributed by atoms with E-state index in [0.29, 0.717) is 19.1 Å². The van der Waals surface area contributed by atoms with Gasteiger partial charge in [-0.15, -0.1) is 0 Å². The standard InChI is InChI=1S/C17H20FN3OS/c18-12-6-7-14-15(8-12)23-17(20-14)21-9-11(10-21)16(22)19-13-4-2-1-3-5-13/h6-8,11,13H,1-5,9-10H2,(H,19,22). The zero-order valence-electron chi connectivity index (χ0n) is 12.9. The molecule has 1 amide bonds. The number of halogens is 1. The van der Waals surface area contributed by atoms with Gasteiger partial charge in [-0.3, -0.25) is 4.79 Å². The van der Waals surface area contributed by atoms with Crippen molar-refractivity contribution in [1.29, 1.82) is 0 Å². The Hall–Kier alpha value is -1.69. The highest BCUT2D eigenvalue weighted by Crippen LogP contribution is 2.33. The predicted octanol–water partition coefficient (Wildman–Crippen LogP) is 3.32. The van der Waals surface area contributed by atoms with E-state index in [4.69, 9.17) is 0 Å². The maximum Gasteiger partial charge on any atom is 0.226 e. The smallest absolute Gasteiger partial charge is 0.226 e. The minimum absolute atomic E-state index is 0.0562. The van der Waals surface area contributed by atoms with E-state index >= 15 is 0 Å². The van der Waals surface area contributed by atoms with Crippen LogP contribution in [0.15, 0.2) is 18.2 Å². The van der Waals surface area contributed by atoms with E-state index in [2.05, 4.69) is 15.2 Å². The molecule has 4 rings (SSSR count). The summed E-state index contributed by atoms with van der Waals surface area (Å²) in [6.45, 7) is 1.42. The van der Waals surface area contributed by atoms with Gasteiger partial charge in [0.25, 0.3) is 0 Å². The van der Waals surface area contributed by atoms with Crippen LogP contribution in [0, 0.1) is 11.7 Å². The molecule has 0 radical (unpaired) electrons. The first-order valence-electron chi connectivity index (χ1n) is 8.30. The number of carbonyl (C=O) groups is 1. The number of hydrogen-bond acceptors (Lipinski definition) is 4. The second-order valence-corrected chi connectivity index (χ2v) is 7.56. The molecule has 122 valence electrons. The number of rotatable bonds is 3. The summed E-state index contributed by atoms with van der Waals surface area (Å²) in [6, 6.07) is 5.03. The number of thiazole rings is 1. The Labute approximate surface area is 138 Å². The van der Waals surface area contributed by atoms with E-state index in [1.807, 2.05) is 0 Å². The van der Waals surface area contributed by atoms with Crippen LogP contribution in [0.5, 0.6) is 0 Å². The van der Waals surface area contributed by atoms with Crippen LogP contribution in [-0.4, -0.2) is 30.0 Å². The molecule has 1 aromatic carbocycles. The van der Waals surface area contributed by atoms with Gasteiger partial charge in [-0.05, 0) is 31.0 Å². The molecule has 1 aromatic heterocycles. The fraction of sp³-hybridized carbons (Fsp3) is 0.529. The summed E-state index contributed by atoms with van der Waals surface area (Å²) in [5.41, 5.74) is 0.821. The maximum atomic E-state index is 13.2. The number of nitrogens with one attached hydrogen (secondary N) is 1. The summed E-state index contributed by atoms with van der Waals surface area (Å²) < 4.78 is 14.1. The van der Waals surface area contributed by atoms with Gasteiger partial charge in [-0.25, -0.2) is 9.37 Å². The molecule has 2 heterocycles. The van der Waals surface area contributed by atoms with E-state index < -0.39 is 0 Å². The van der Waals surface area contributed by atoms with Gasteiger partial charge in [0, 0.05) is 19.1 Å². The summed E-state index contributed by atoms with van der Waals surface area (Å²) in [7, 11) is 0. The van der Waals surface area contributed by atoms with E-state index in [1.54, 1.807) is 6.07 Å². The Morgan fingerprint density at radius 3 is 2.83 bits per heavy atom. The molecule has 2 fully saturated rings. The summed E-state index contributed by atoms with van der Waals surface area (Å²) >= 11 is 1.49. The zero-order chi connectivity index (χ0) is 15.8. The molecule has 1 saturated heterocycles. The third-order valence-corrected chi connectivity index (χ3v) is 5.89. The Kier molecular flexibility index (Phi) is 3.93. The molecule has 0 bridgehead atoms. The fourth-order valence-corrected chi connectivity index (χ4v) is 4.40. The number of anilines is 1. The topological polar surface area (TPSA) is 45.2 Å². The van der Waals surface area contributed by atoms with Gasteiger partial charge in [0.05, 0.1) is 16.1 Å². The highest BCUT2D eigenvalue weighted by molar-refractivity contribution is 7.22. The number of carbonyl (C=O) groups excluding carboxylic acids is 1. The number of benzene rings is 1. The monoisotopic (exact) mass is 333 g/mol. The maximum absolute atomic E-state index is 13.2. The van der Waals surface area contributed by atoms with E-state index in [0.717, 1.165) is 28.2 Å². The Balaban J connectivity index is 1.35. The van der Waals surface area contributed by atoms with Crippen LogP contribution in [0.3, 0.4) is 0 Å². The molecule has 1 N–H and O–H groups in total. The van der Waals surface area contributed by atoms with Crippen molar-refractivity contribution < 1.29 is 9.18 Å². The molecular weight excluding hydrogens is 313 g/mol. The van der Waals surface area contributed by atoms with Crippen molar-refractivity contribution in [2.45, 2.75) is 38.1 Å². The minimum Gasteiger partial charge on any atom is -0.353 e. The van der Waals surface area contributed by atoms with Crippen molar-refractivity contribution in [3.63, 3.8) is 0 Å². The molecular formula is C17H20FN3OS. The molecule has 4 nitrogen and oxygen atoms in total. The first-order valence-corrected chi connectivity index (χ1v) is 9.12. The number of fused-ring (bicyclic) bond motifs is 1. The van der Waals surface area contributed by atoms with Gasteiger partial charge >= 0.3 is 0 Å². The average molecular weight is 333 g/mol. The average Bonchev–Trinajstić information content (AvgIpc) is 2.89. The molecule has 1 saturated carbocycles. The molecule has 6 heteroatoms. The van der Waals surface area contributed by atoms with Crippen LogP contribution in [0.1, 0.15) is 32.1 Å². The predicted molar refractivity (Wildman–Crippen MR) is 90.3 cm³/mol. The Morgan fingerprint density at radius 1 is 1.26 bits per heavy atom. The summed E-state index contributed by atoms with van der Waals surface area (Å²) in [4.78, 5) is 18.9. The van der Waals surface area contributed by atoms with Gasteiger partial charge in [0.2, 0.25) is 5.91 Å². The van der Waals surface area contributed by atoms with Crippen LogP contribution in [0.2, 0.25) is 0 Å². The second kappa shape index (κ2) is 6.07. The van der Waals surface area contributed by atoms with Crippen LogP contribution >= 0.6 is 11.3 Å². The van der Waals surface area contributed by atoms with Crippen molar-refractivity contribution in [2.75, 3.05) is 18.0 Å². The Bertz CT molecular complexity index is 720. The lowest BCUT2D eigenvalue weighted by Crippen LogP contribution is -2.55. The lowest BCUT2D eigenvalue weighted by Gasteiger charge is -2.39. The third kappa shape index (κ3) is 3.04. The van der Waals surface area contributed by atoms with Gasteiger partial charge in [0.1, 0.15) is 5.82 Å². The van der Waals surface area contributed by atoms with Crippen LogP contribution in [0.4, 0.5) is 9.52 Å². The molecule has 0 spiro atoms. The van der Waals surface area contributed by atoms with Crippen LogP contribution in [0.25, 0.3) is 10.2 Å². The Morgan fingerprint density at radius 2 is 2.04 bits per heavy atom. The zero-order valence-corrected chi connectivity index (χ0v) is 13.7. The highest BCUT2D eigenvalue weighted by Gasteiger charge is 2.35. The molecule has 2 aromatic rings. The number of nitrogens with zero attached hydrogens (tertiary/aromatic N) is 2. The largest absolute Gasteiger partial charge is 0.353 e. The first-order chi connectivity index (χ1) is 11.2. The van der Waals surface area contributed by atoms with E-state index in [9.17, 15) is 9.18 Å². The van der Waals surface area contributed by atoms with Crippen LogP contribution < -0.4 is 10.2 Å². The minimum atomic E-state index is -0.235. The van der Waals surface area contributed by atoms with E-state index in [-0.39, 0.29) is 17.6 Å². The molecule has 1 aliphatic heterocycles. The summed E-state index contributed by atoms with van der Waals surface area (Å²) in [6.07, 6.45) is 5.98. The van der Waals surface area contributed by atoms with Crippen molar-refractivity contribution >= 4 is 32.6 Å². The van der Waals surface area contributed by atoms with Gasteiger partial charge in [-0.1, -0.05) is 30.6 Å². The SMILES string of the molecule is O=C(NC1CCCCC1)C1CN(c2nc3ccc(F)cc3s2)C1. The van der Waals surface area contributed by atoms with Crippen molar-refractivity contribution in [3.8, 4) is 0 Å². The van der Waals surface area contributed by atoms with Gasteiger partial charge in [-0.2, -0.15) is 0 Å². The normalized spacial score (nSPS) is 19.8. The fourth-order valence-electron chi connectivity index (χ4n) is 3.39. The van der Waals surface area contributed by atoms with Crippen molar-refractivity contribution in [1.82, 2.24) is 10.3 Å². The quantitative estimate of drug-likeness (QED) is 0.937. The molecule has 23 heavy (non-hydrogen) atoms. The number of aromatic nitrogens is 1. The van der Waals surface area contributed by atoms with Gasteiger partial charge in [0.15, 0.2) is 5.13 Å².